The molecule has 0 bridgehead atoms. The lowest BCUT2D eigenvalue weighted by Crippen LogP contribution is -2.59. The smallest absolute Gasteiger partial charge is 0.236 e. The first kappa shape index (κ1) is 13.9. The summed E-state index contributed by atoms with van der Waals surface area (Å²) in [7, 11) is 0. The molecule has 2 amide bonds. The Balaban J connectivity index is 2.58. The maximum atomic E-state index is 12.0. The predicted octanol–water partition coefficient (Wildman–Crippen LogP) is -1.39. The van der Waals surface area contributed by atoms with Crippen LogP contribution in [0.15, 0.2) is 0 Å². The number of hydrogen-bond acceptors (Lipinski definition) is 4. The molecule has 1 heterocycles. The van der Waals surface area contributed by atoms with Crippen molar-refractivity contribution in [3.05, 3.63) is 0 Å². The first-order chi connectivity index (χ1) is 8.10. The molecule has 0 aromatic rings. The minimum atomic E-state index is -0.372. The number of rotatable bonds is 5. The summed E-state index contributed by atoms with van der Waals surface area (Å²) in [5.41, 5.74) is 5.33. The van der Waals surface area contributed by atoms with Gasteiger partial charge < -0.3 is 16.0 Å². The second-order valence-electron chi connectivity index (χ2n) is 4.16. The fourth-order valence-corrected chi connectivity index (χ4v) is 2.07. The van der Waals surface area contributed by atoms with Gasteiger partial charge in [0.05, 0.1) is 6.54 Å². The number of amides is 2. The summed E-state index contributed by atoms with van der Waals surface area (Å²) in [5, 5.41) is 3.11. The van der Waals surface area contributed by atoms with Gasteiger partial charge >= 0.3 is 0 Å². The lowest BCUT2D eigenvalue weighted by Gasteiger charge is -2.34. The molecular formula is C11H22N4O2. The van der Waals surface area contributed by atoms with Gasteiger partial charge in [-0.15, -0.1) is 0 Å². The first-order valence-electron chi connectivity index (χ1n) is 6.12. The lowest BCUT2D eigenvalue weighted by molar-refractivity contribution is -0.134. The fraction of sp³-hybridized carbons (Fsp3) is 0.818. The summed E-state index contributed by atoms with van der Waals surface area (Å²) >= 11 is 0. The Morgan fingerprint density at radius 2 is 2.06 bits per heavy atom. The van der Waals surface area contributed by atoms with Crippen molar-refractivity contribution in [3.8, 4) is 0 Å². The van der Waals surface area contributed by atoms with Gasteiger partial charge in [-0.3, -0.25) is 14.5 Å². The molecule has 0 spiro atoms. The normalized spacial score (nSPS) is 21.2. The zero-order valence-corrected chi connectivity index (χ0v) is 10.6. The molecular weight excluding hydrogens is 220 g/mol. The van der Waals surface area contributed by atoms with Crippen molar-refractivity contribution in [2.24, 2.45) is 5.73 Å². The molecule has 1 saturated heterocycles. The zero-order chi connectivity index (χ0) is 12.8. The first-order valence-corrected chi connectivity index (χ1v) is 6.12. The molecule has 1 aliphatic heterocycles. The zero-order valence-electron chi connectivity index (χ0n) is 10.6. The molecule has 6 nitrogen and oxygen atoms in total. The van der Waals surface area contributed by atoms with Crippen LogP contribution in [-0.2, 0) is 9.59 Å². The van der Waals surface area contributed by atoms with Crippen LogP contribution >= 0.6 is 0 Å². The number of likely N-dealkylation sites (N-methyl/N-ethyl adjacent to an activating group) is 1. The van der Waals surface area contributed by atoms with E-state index < -0.39 is 0 Å². The number of carbonyl (C=O) groups excluding carboxylic acids is 2. The van der Waals surface area contributed by atoms with E-state index >= 15 is 0 Å². The number of piperazine rings is 1. The highest BCUT2D eigenvalue weighted by molar-refractivity contribution is 5.82. The van der Waals surface area contributed by atoms with E-state index in [9.17, 15) is 9.59 Å². The van der Waals surface area contributed by atoms with Gasteiger partial charge in [0.1, 0.15) is 6.04 Å². The average Bonchev–Trinajstić information content (AvgIpc) is 2.31. The van der Waals surface area contributed by atoms with Crippen LogP contribution in [0.3, 0.4) is 0 Å². The maximum Gasteiger partial charge on any atom is 0.236 e. The van der Waals surface area contributed by atoms with E-state index in [1.807, 2.05) is 18.7 Å². The van der Waals surface area contributed by atoms with Gasteiger partial charge in [0.15, 0.2) is 0 Å². The van der Waals surface area contributed by atoms with Crippen molar-refractivity contribution < 1.29 is 9.59 Å². The minimum absolute atomic E-state index is 0.0585. The highest BCUT2D eigenvalue weighted by atomic mass is 16.2. The number of carbonyl (C=O) groups is 2. The molecule has 0 saturated carbocycles. The van der Waals surface area contributed by atoms with Crippen molar-refractivity contribution in [1.82, 2.24) is 15.1 Å². The standard InChI is InChI=1S/C11H22N4O2/c1-3-14(4-2)10(16)8-15-6-5-13-7-9(15)11(12)17/h9,13H,3-8H2,1-2H3,(H2,12,17). The monoisotopic (exact) mass is 242 g/mol. The van der Waals surface area contributed by atoms with Crippen LogP contribution in [0, 0.1) is 0 Å². The largest absolute Gasteiger partial charge is 0.368 e. The molecule has 1 rings (SSSR count). The third kappa shape index (κ3) is 3.67. The summed E-state index contributed by atoms with van der Waals surface area (Å²) in [6.45, 7) is 7.56. The number of hydrogen-bond donors (Lipinski definition) is 2. The molecule has 1 unspecified atom stereocenters. The van der Waals surface area contributed by atoms with Crippen LogP contribution in [0.4, 0.5) is 0 Å². The number of nitrogens with one attached hydrogen (secondary N) is 1. The lowest BCUT2D eigenvalue weighted by atomic mass is 10.2. The predicted molar refractivity (Wildman–Crippen MR) is 65.4 cm³/mol. The van der Waals surface area contributed by atoms with E-state index in [2.05, 4.69) is 5.32 Å². The van der Waals surface area contributed by atoms with Gasteiger partial charge in [-0.1, -0.05) is 0 Å². The summed E-state index contributed by atoms with van der Waals surface area (Å²) in [5.74, 6) is -0.312. The van der Waals surface area contributed by atoms with E-state index in [0.717, 1.165) is 6.54 Å². The van der Waals surface area contributed by atoms with Crippen LogP contribution in [-0.4, -0.2) is 66.9 Å². The molecule has 98 valence electrons. The molecule has 0 aliphatic carbocycles. The highest BCUT2D eigenvalue weighted by Gasteiger charge is 2.28. The molecule has 6 heteroatoms. The third-order valence-corrected chi connectivity index (χ3v) is 3.14. The fourth-order valence-electron chi connectivity index (χ4n) is 2.07. The molecule has 1 atom stereocenters. The summed E-state index contributed by atoms with van der Waals surface area (Å²) in [4.78, 5) is 26.8. The SMILES string of the molecule is CCN(CC)C(=O)CN1CCNCC1C(N)=O. The van der Waals surface area contributed by atoms with Crippen LogP contribution in [0.1, 0.15) is 13.8 Å². The van der Waals surface area contributed by atoms with E-state index in [1.165, 1.54) is 0 Å². The number of primary amides is 1. The van der Waals surface area contributed by atoms with Crippen LogP contribution in [0.2, 0.25) is 0 Å². The summed E-state index contributed by atoms with van der Waals surface area (Å²) in [6.07, 6.45) is 0. The summed E-state index contributed by atoms with van der Waals surface area (Å²) in [6, 6.07) is -0.372. The van der Waals surface area contributed by atoms with Crippen molar-refractivity contribution in [2.75, 3.05) is 39.3 Å². The van der Waals surface area contributed by atoms with Crippen molar-refractivity contribution >= 4 is 11.8 Å². The molecule has 1 fully saturated rings. The molecule has 0 aromatic heterocycles. The van der Waals surface area contributed by atoms with E-state index in [0.29, 0.717) is 26.2 Å². The quantitative estimate of drug-likeness (QED) is 0.622. The molecule has 0 aromatic carbocycles. The Labute approximate surface area is 102 Å². The minimum Gasteiger partial charge on any atom is -0.368 e. The highest BCUT2D eigenvalue weighted by Crippen LogP contribution is 2.04. The van der Waals surface area contributed by atoms with Crippen LogP contribution in [0.25, 0.3) is 0 Å². The Hall–Kier alpha value is -1.14. The van der Waals surface area contributed by atoms with Gasteiger partial charge in [0.2, 0.25) is 11.8 Å². The van der Waals surface area contributed by atoms with Crippen molar-refractivity contribution in [1.29, 1.82) is 0 Å². The second-order valence-corrected chi connectivity index (χ2v) is 4.16. The van der Waals surface area contributed by atoms with Crippen LogP contribution in [0.5, 0.6) is 0 Å². The Bertz CT molecular complexity index is 279. The maximum absolute atomic E-state index is 12.0. The number of nitrogens with zero attached hydrogens (tertiary/aromatic N) is 2. The van der Waals surface area contributed by atoms with Gasteiger partial charge in [-0.05, 0) is 13.8 Å². The molecule has 17 heavy (non-hydrogen) atoms. The Morgan fingerprint density at radius 1 is 1.41 bits per heavy atom. The number of nitrogens with two attached hydrogens (primary N) is 1. The van der Waals surface area contributed by atoms with Gasteiger partial charge in [0.25, 0.3) is 0 Å². The molecule has 1 aliphatic rings. The van der Waals surface area contributed by atoms with Crippen LogP contribution < -0.4 is 11.1 Å². The van der Waals surface area contributed by atoms with Gasteiger partial charge in [-0.2, -0.15) is 0 Å². The van der Waals surface area contributed by atoms with E-state index in [-0.39, 0.29) is 24.4 Å². The van der Waals surface area contributed by atoms with Crippen molar-refractivity contribution in [3.63, 3.8) is 0 Å². The Kier molecular flexibility index (Phi) is 5.37. The Morgan fingerprint density at radius 3 is 2.59 bits per heavy atom. The van der Waals surface area contributed by atoms with Gasteiger partial charge in [-0.25, -0.2) is 0 Å². The third-order valence-electron chi connectivity index (χ3n) is 3.14. The second kappa shape index (κ2) is 6.56. The van der Waals surface area contributed by atoms with E-state index in [4.69, 9.17) is 5.73 Å². The van der Waals surface area contributed by atoms with Gasteiger partial charge in [0, 0.05) is 32.7 Å². The molecule has 0 radical (unpaired) electrons. The average molecular weight is 242 g/mol. The molecule has 3 N–H and O–H groups in total. The summed E-state index contributed by atoms with van der Waals surface area (Å²) < 4.78 is 0. The van der Waals surface area contributed by atoms with Crippen molar-refractivity contribution in [2.45, 2.75) is 19.9 Å². The van der Waals surface area contributed by atoms with E-state index in [1.54, 1.807) is 4.90 Å². The topological polar surface area (TPSA) is 78.7 Å².